The molecule has 112 valence electrons. The molecule has 0 radical (unpaired) electrons. The van der Waals surface area contributed by atoms with Gasteiger partial charge in [0.25, 0.3) is 0 Å². The van der Waals surface area contributed by atoms with Gasteiger partial charge in [0.05, 0.1) is 5.54 Å². The van der Waals surface area contributed by atoms with Crippen molar-refractivity contribution in [2.24, 2.45) is 5.73 Å². The molecule has 1 aliphatic rings. The van der Waals surface area contributed by atoms with Crippen molar-refractivity contribution in [1.29, 1.82) is 0 Å². The highest BCUT2D eigenvalue weighted by Crippen LogP contribution is 2.24. The normalized spacial score (nSPS) is 22.3. The number of hydrogen-bond donors (Lipinski definition) is 1. The van der Waals surface area contributed by atoms with E-state index < -0.39 is 17.2 Å². The van der Waals surface area contributed by atoms with Crippen LogP contribution >= 0.6 is 0 Å². The molecule has 4 heteroatoms. The predicted octanol–water partition coefficient (Wildman–Crippen LogP) is 3.46. The van der Waals surface area contributed by atoms with E-state index in [1.807, 2.05) is 18.2 Å². The lowest BCUT2D eigenvalue weighted by Crippen LogP contribution is -2.42. The number of benzene rings is 1. The van der Waals surface area contributed by atoms with Crippen molar-refractivity contribution in [3.05, 3.63) is 59.2 Å². The zero-order valence-electron chi connectivity index (χ0n) is 11.8. The van der Waals surface area contributed by atoms with Gasteiger partial charge in [0.1, 0.15) is 17.9 Å². The Bertz CT molecular complexity index is 580. The summed E-state index contributed by atoms with van der Waals surface area (Å²) in [6, 6.07) is 3.65. The number of hydrogen-bond acceptors (Lipinski definition) is 2. The SMILES string of the molecule is NC1(C=O)CC=C(/C=C/CCc2ccc(F)cc2F)CC1. The lowest BCUT2D eigenvalue weighted by atomic mass is 9.84. The Morgan fingerprint density at radius 1 is 1.33 bits per heavy atom. The van der Waals surface area contributed by atoms with Gasteiger partial charge < -0.3 is 10.5 Å². The molecule has 1 aliphatic carbocycles. The average molecular weight is 291 g/mol. The van der Waals surface area contributed by atoms with Crippen LogP contribution in [0, 0.1) is 11.6 Å². The maximum Gasteiger partial charge on any atom is 0.140 e. The molecule has 0 saturated carbocycles. The van der Waals surface area contributed by atoms with Gasteiger partial charge in [0, 0.05) is 6.07 Å². The third-order valence-electron chi connectivity index (χ3n) is 3.79. The minimum absolute atomic E-state index is 0.501. The number of rotatable bonds is 5. The van der Waals surface area contributed by atoms with Crippen LogP contribution in [0.1, 0.15) is 31.2 Å². The molecule has 1 unspecified atom stereocenters. The van der Waals surface area contributed by atoms with Crippen molar-refractivity contribution in [2.75, 3.05) is 0 Å². The monoisotopic (exact) mass is 291 g/mol. The number of aryl methyl sites for hydroxylation is 1. The van der Waals surface area contributed by atoms with E-state index in [0.717, 1.165) is 24.3 Å². The minimum atomic E-state index is -0.714. The van der Waals surface area contributed by atoms with Gasteiger partial charge in [-0.05, 0) is 43.7 Å². The first-order valence-corrected chi connectivity index (χ1v) is 7.07. The summed E-state index contributed by atoms with van der Waals surface area (Å²) in [5.74, 6) is -1.06. The minimum Gasteiger partial charge on any atom is -0.319 e. The van der Waals surface area contributed by atoms with Crippen molar-refractivity contribution in [2.45, 2.75) is 37.6 Å². The van der Waals surface area contributed by atoms with Gasteiger partial charge >= 0.3 is 0 Å². The van der Waals surface area contributed by atoms with Crippen LogP contribution < -0.4 is 5.73 Å². The average Bonchev–Trinajstić information content (AvgIpc) is 2.47. The Kier molecular flexibility index (Phi) is 5.02. The fourth-order valence-electron chi connectivity index (χ4n) is 2.36. The highest BCUT2D eigenvalue weighted by molar-refractivity contribution is 5.65. The van der Waals surface area contributed by atoms with E-state index in [1.165, 1.54) is 12.1 Å². The summed E-state index contributed by atoms with van der Waals surface area (Å²) in [5, 5.41) is 0. The molecule has 0 aliphatic heterocycles. The Morgan fingerprint density at radius 3 is 2.76 bits per heavy atom. The second-order valence-electron chi connectivity index (χ2n) is 5.51. The van der Waals surface area contributed by atoms with Gasteiger partial charge in [0.2, 0.25) is 0 Å². The van der Waals surface area contributed by atoms with Crippen molar-refractivity contribution >= 4 is 6.29 Å². The molecular formula is C17H19F2NO. The predicted molar refractivity (Wildman–Crippen MR) is 78.7 cm³/mol. The third-order valence-corrected chi connectivity index (χ3v) is 3.79. The van der Waals surface area contributed by atoms with Crippen LogP contribution in [0.3, 0.4) is 0 Å². The summed E-state index contributed by atoms with van der Waals surface area (Å²) < 4.78 is 26.2. The molecule has 21 heavy (non-hydrogen) atoms. The maximum atomic E-state index is 13.4. The largest absolute Gasteiger partial charge is 0.319 e. The van der Waals surface area contributed by atoms with Crippen LogP contribution in [-0.2, 0) is 11.2 Å². The summed E-state index contributed by atoms with van der Waals surface area (Å²) in [5.41, 5.74) is 6.82. The molecule has 1 atom stereocenters. The number of halogens is 2. The summed E-state index contributed by atoms with van der Waals surface area (Å²) in [4.78, 5) is 10.8. The van der Waals surface area contributed by atoms with Gasteiger partial charge in [-0.25, -0.2) is 8.78 Å². The van der Waals surface area contributed by atoms with E-state index in [2.05, 4.69) is 0 Å². The van der Waals surface area contributed by atoms with E-state index in [-0.39, 0.29) is 0 Å². The highest BCUT2D eigenvalue weighted by Gasteiger charge is 2.25. The second-order valence-corrected chi connectivity index (χ2v) is 5.51. The number of allylic oxidation sites excluding steroid dienone is 3. The first-order valence-electron chi connectivity index (χ1n) is 7.07. The number of aldehydes is 1. The van der Waals surface area contributed by atoms with E-state index in [1.54, 1.807) is 0 Å². The van der Waals surface area contributed by atoms with E-state index in [9.17, 15) is 13.6 Å². The molecule has 0 aromatic heterocycles. The van der Waals surface area contributed by atoms with Gasteiger partial charge in [0.15, 0.2) is 0 Å². The lowest BCUT2D eigenvalue weighted by Gasteiger charge is -2.26. The molecule has 2 nitrogen and oxygen atoms in total. The lowest BCUT2D eigenvalue weighted by molar-refractivity contribution is -0.112. The summed E-state index contributed by atoms with van der Waals surface area (Å²) in [6.07, 6.45) is 9.96. The summed E-state index contributed by atoms with van der Waals surface area (Å²) >= 11 is 0. The molecule has 0 amide bonds. The smallest absolute Gasteiger partial charge is 0.140 e. The van der Waals surface area contributed by atoms with Gasteiger partial charge in [-0.1, -0.05) is 29.9 Å². The molecule has 0 bridgehead atoms. The van der Waals surface area contributed by atoms with Gasteiger partial charge in [-0.3, -0.25) is 0 Å². The van der Waals surface area contributed by atoms with Crippen LogP contribution in [-0.4, -0.2) is 11.8 Å². The van der Waals surface area contributed by atoms with Crippen molar-refractivity contribution < 1.29 is 13.6 Å². The van der Waals surface area contributed by atoms with Crippen LogP contribution in [0.15, 0.2) is 42.0 Å². The van der Waals surface area contributed by atoms with Crippen LogP contribution in [0.25, 0.3) is 0 Å². The van der Waals surface area contributed by atoms with Gasteiger partial charge in [-0.15, -0.1) is 0 Å². The van der Waals surface area contributed by atoms with Gasteiger partial charge in [-0.2, -0.15) is 0 Å². The topological polar surface area (TPSA) is 43.1 Å². The van der Waals surface area contributed by atoms with Crippen molar-refractivity contribution in [3.8, 4) is 0 Å². The Balaban J connectivity index is 1.85. The Labute approximate surface area is 123 Å². The quantitative estimate of drug-likeness (QED) is 0.844. The molecule has 2 N–H and O–H groups in total. The number of carbonyl (C=O) groups is 1. The van der Waals surface area contributed by atoms with E-state index in [4.69, 9.17) is 5.73 Å². The van der Waals surface area contributed by atoms with E-state index in [0.29, 0.717) is 31.2 Å². The van der Waals surface area contributed by atoms with Crippen molar-refractivity contribution in [1.82, 2.24) is 0 Å². The first kappa shape index (κ1) is 15.6. The third kappa shape index (κ3) is 4.33. The molecule has 0 spiro atoms. The zero-order valence-corrected chi connectivity index (χ0v) is 11.8. The van der Waals surface area contributed by atoms with Crippen LogP contribution in [0.2, 0.25) is 0 Å². The Hall–Kier alpha value is -1.81. The second kappa shape index (κ2) is 6.76. The molecule has 2 rings (SSSR count). The fraction of sp³-hybridized carbons (Fsp3) is 0.353. The molecular weight excluding hydrogens is 272 g/mol. The molecule has 0 saturated heterocycles. The number of carbonyl (C=O) groups excluding carboxylic acids is 1. The summed E-state index contributed by atoms with van der Waals surface area (Å²) in [6.45, 7) is 0. The fourth-order valence-corrected chi connectivity index (χ4v) is 2.36. The van der Waals surface area contributed by atoms with Crippen molar-refractivity contribution in [3.63, 3.8) is 0 Å². The van der Waals surface area contributed by atoms with E-state index >= 15 is 0 Å². The molecule has 1 aromatic carbocycles. The number of nitrogens with two attached hydrogens (primary N) is 1. The highest BCUT2D eigenvalue weighted by atomic mass is 19.1. The van der Waals surface area contributed by atoms with Crippen LogP contribution in [0.4, 0.5) is 8.78 Å². The molecule has 1 aromatic rings. The Morgan fingerprint density at radius 2 is 2.14 bits per heavy atom. The first-order chi connectivity index (χ1) is 10.0. The maximum absolute atomic E-state index is 13.4. The summed E-state index contributed by atoms with van der Waals surface area (Å²) in [7, 11) is 0. The molecule has 0 heterocycles. The standard InChI is InChI=1S/C17H19F2NO/c18-15-6-5-14(16(19)11-15)4-2-1-3-13-7-9-17(20,12-21)10-8-13/h1,3,5-7,11-12H,2,4,8-10,20H2/b3-1+. The molecule has 0 fully saturated rings. The van der Waals surface area contributed by atoms with Crippen LogP contribution in [0.5, 0.6) is 0 Å². The zero-order chi connectivity index (χ0) is 15.3.